The highest BCUT2D eigenvalue weighted by atomic mass is 19.1. The van der Waals surface area contributed by atoms with Crippen LogP contribution in [-0.4, -0.2) is 25.0 Å². The lowest BCUT2D eigenvalue weighted by atomic mass is 10.1. The third kappa shape index (κ3) is 3.52. The third-order valence-corrected chi connectivity index (χ3v) is 3.71. The molecule has 1 aliphatic rings. The first-order valence-corrected chi connectivity index (χ1v) is 7.73. The molecule has 0 radical (unpaired) electrons. The minimum absolute atomic E-state index is 0.0405. The van der Waals surface area contributed by atoms with E-state index < -0.39 is 11.7 Å². The molecular formula is C19H17FN2O3. The van der Waals surface area contributed by atoms with Gasteiger partial charge >= 0.3 is 0 Å². The molecule has 0 unspecified atom stereocenters. The Morgan fingerprint density at radius 2 is 2.08 bits per heavy atom. The minimum atomic E-state index is -0.597. The van der Waals surface area contributed by atoms with Crippen LogP contribution >= 0.6 is 0 Å². The average Bonchev–Trinajstić information content (AvgIpc) is 2.57. The molecule has 0 bridgehead atoms. The van der Waals surface area contributed by atoms with E-state index in [1.54, 1.807) is 29.2 Å². The first-order valence-electron chi connectivity index (χ1n) is 7.73. The molecule has 0 saturated carbocycles. The molecule has 0 fully saturated rings. The Labute approximate surface area is 144 Å². The molecule has 0 aliphatic carbocycles. The van der Waals surface area contributed by atoms with Gasteiger partial charge in [0, 0.05) is 12.2 Å². The highest BCUT2D eigenvalue weighted by Crippen LogP contribution is 2.35. The lowest BCUT2D eigenvalue weighted by molar-refractivity contribution is -0.121. The van der Waals surface area contributed by atoms with Crippen molar-refractivity contribution in [3.63, 3.8) is 0 Å². The molecule has 0 saturated heterocycles. The van der Waals surface area contributed by atoms with Crippen molar-refractivity contribution in [2.24, 2.45) is 0 Å². The molecule has 1 heterocycles. The zero-order valence-corrected chi connectivity index (χ0v) is 13.7. The molecule has 1 N–H and O–H groups in total. The number of halogens is 1. The maximum atomic E-state index is 13.7. The third-order valence-electron chi connectivity index (χ3n) is 3.71. The van der Waals surface area contributed by atoms with Gasteiger partial charge in [0.1, 0.15) is 11.6 Å². The molecule has 0 spiro atoms. The highest BCUT2D eigenvalue weighted by molar-refractivity contribution is 6.05. The summed E-state index contributed by atoms with van der Waals surface area (Å²) >= 11 is 0. The molecule has 2 amide bonds. The number of carbonyl (C=O) groups excluding carboxylic acids is 2. The predicted octanol–water partition coefficient (Wildman–Crippen LogP) is 3.38. The number of hydrogen-bond acceptors (Lipinski definition) is 3. The molecule has 0 atom stereocenters. The van der Waals surface area contributed by atoms with Crippen LogP contribution in [0.1, 0.15) is 17.3 Å². The fourth-order valence-corrected chi connectivity index (χ4v) is 2.57. The fraction of sp³-hybridized carbons (Fsp3) is 0.158. The molecule has 3 rings (SSSR count). The smallest absolute Gasteiger partial charge is 0.265 e. The number of amides is 2. The van der Waals surface area contributed by atoms with E-state index in [2.05, 4.69) is 11.9 Å². The highest BCUT2D eigenvalue weighted by Gasteiger charge is 2.26. The van der Waals surface area contributed by atoms with E-state index in [0.717, 1.165) is 5.57 Å². The van der Waals surface area contributed by atoms with Crippen molar-refractivity contribution in [2.75, 3.05) is 23.4 Å². The number of hydrogen-bond donors (Lipinski definition) is 1. The second kappa shape index (κ2) is 6.76. The van der Waals surface area contributed by atoms with Crippen molar-refractivity contribution in [1.29, 1.82) is 0 Å². The van der Waals surface area contributed by atoms with E-state index >= 15 is 0 Å². The van der Waals surface area contributed by atoms with Gasteiger partial charge in [-0.3, -0.25) is 9.59 Å². The standard InChI is InChI=1S/C19H17FN2O3/c1-12(2)10-22-16-9-13(7-8-17(16)25-11-18(22)23)21-19(24)14-5-3-4-6-15(14)20/h3-9H,1,10-11H2,2H3,(H,21,24). The predicted molar refractivity (Wildman–Crippen MR) is 93.5 cm³/mol. The van der Waals surface area contributed by atoms with Crippen LogP contribution in [0.3, 0.4) is 0 Å². The van der Waals surface area contributed by atoms with Gasteiger partial charge in [-0.2, -0.15) is 0 Å². The molecular weight excluding hydrogens is 323 g/mol. The van der Waals surface area contributed by atoms with Crippen molar-refractivity contribution >= 4 is 23.2 Å². The monoisotopic (exact) mass is 340 g/mol. The Bertz CT molecular complexity index is 863. The van der Waals surface area contributed by atoms with E-state index in [9.17, 15) is 14.0 Å². The Hall–Kier alpha value is -3.15. The van der Waals surface area contributed by atoms with Gasteiger partial charge in [-0.25, -0.2) is 4.39 Å². The van der Waals surface area contributed by atoms with Gasteiger partial charge in [0.2, 0.25) is 0 Å². The van der Waals surface area contributed by atoms with E-state index in [4.69, 9.17) is 4.74 Å². The second-order valence-electron chi connectivity index (χ2n) is 5.84. The van der Waals surface area contributed by atoms with Gasteiger partial charge in [-0.15, -0.1) is 0 Å². The van der Waals surface area contributed by atoms with Crippen LogP contribution < -0.4 is 15.0 Å². The van der Waals surface area contributed by atoms with Crippen LogP contribution in [0.2, 0.25) is 0 Å². The van der Waals surface area contributed by atoms with Crippen molar-refractivity contribution in [1.82, 2.24) is 0 Å². The van der Waals surface area contributed by atoms with Gasteiger partial charge in [-0.1, -0.05) is 24.3 Å². The molecule has 6 heteroatoms. The summed E-state index contributed by atoms with van der Waals surface area (Å²) in [6.07, 6.45) is 0. The van der Waals surface area contributed by atoms with Crippen LogP contribution in [0.4, 0.5) is 15.8 Å². The SMILES string of the molecule is C=C(C)CN1C(=O)COc2ccc(NC(=O)c3ccccc3F)cc21. The number of carbonyl (C=O) groups is 2. The summed E-state index contributed by atoms with van der Waals surface area (Å²) in [7, 11) is 0. The quantitative estimate of drug-likeness (QED) is 0.868. The second-order valence-corrected chi connectivity index (χ2v) is 5.84. The Balaban J connectivity index is 1.88. The van der Waals surface area contributed by atoms with Crippen LogP contribution in [0.15, 0.2) is 54.6 Å². The van der Waals surface area contributed by atoms with Crippen LogP contribution in [0.5, 0.6) is 5.75 Å². The minimum Gasteiger partial charge on any atom is -0.482 e. The maximum Gasteiger partial charge on any atom is 0.265 e. The lowest BCUT2D eigenvalue weighted by Gasteiger charge is -2.30. The van der Waals surface area contributed by atoms with Gasteiger partial charge in [0.05, 0.1) is 11.3 Å². The Morgan fingerprint density at radius 1 is 1.32 bits per heavy atom. The molecule has 25 heavy (non-hydrogen) atoms. The normalized spacial score (nSPS) is 13.0. The summed E-state index contributed by atoms with van der Waals surface area (Å²) in [5.74, 6) is -0.800. The summed E-state index contributed by atoms with van der Waals surface area (Å²) in [5.41, 5.74) is 1.76. The van der Waals surface area contributed by atoms with Crippen LogP contribution in [-0.2, 0) is 4.79 Å². The number of ether oxygens (including phenoxy) is 1. The number of rotatable bonds is 4. The maximum absolute atomic E-state index is 13.7. The Kier molecular flexibility index (Phi) is 4.52. The van der Waals surface area contributed by atoms with Crippen molar-refractivity contribution in [2.45, 2.75) is 6.92 Å². The summed E-state index contributed by atoms with van der Waals surface area (Å²) in [4.78, 5) is 25.9. The molecule has 1 aliphatic heterocycles. The average molecular weight is 340 g/mol. The summed E-state index contributed by atoms with van der Waals surface area (Å²) in [6.45, 7) is 5.98. The van der Waals surface area contributed by atoms with Crippen LogP contribution in [0.25, 0.3) is 0 Å². The molecule has 5 nitrogen and oxygen atoms in total. The van der Waals surface area contributed by atoms with E-state index in [1.165, 1.54) is 18.2 Å². The molecule has 0 aromatic heterocycles. The first-order chi connectivity index (χ1) is 12.0. The Morgan fingerprint density at radius 3 is 2.80 bits per heavy atom. The van der Waals surface area contributed by atoms with Crippen LogP contribution in [0, 0.1) is 5.82 Å². The van der Waals surface area contributed by atoms with E-state index in [0.29, 0.717) is 23.7 Å². The summed E-state index contributed by atoms with van der Waals surface area (Å²) < 4.78 is 19.1. The number of benzene rings is 2. The number of fused-ring (bicyclic) bond motifs is 1. The van der Waals surface area contributed by atoms with Crippen molar-refractivity contribution < 1.29 is 18.7 Å². The molecule has 2 aromatic rings. The summed E-state index contributed by atoms with van der Waals surface area (Å²) in [6, 6.07) is 10.7. The topological polar surface area (TPSA) is 58.6 Å². The molecule has 128 valence electrons. The summed E-state index contributed by atoms with van der Waals surface area (Å²) in [5, 5.41) is 2.64. The van der Waals surface area contributed by atoms with E-state index in [-0.39, 0.29) is 18.1 Å². The van der Waals surface area contributed by atoms with Gasteiger partial charge in [0.15, 0.2) is 6.61 Å². The molecule has 2 aromatic carbocycles. The fourth-order valence-electron chi connectivity index (χ4n) is 2.57. The van der Waals surface area contributed by atoms with Gasteiger partial charge in [-0.05, 0) is 37.3 Å². The number of nitrogens with zero attached hydrogens (tertiary/aromatic N) is 1. The van der Waals surface area contributed by atoms with Gasteiger partial charge in [0.25, 0.3) is 11.8 Å². The van der Waals surface area contributed by atoms with Crippen molar-refractivity contribution in [3.8, 4) is 5.75 Å². The lowest BCUT2D eigenvalue weighted by Crippen LogP contribution is -2.39. The van der Waals surface area contributed by atoms with Gasteiger partial charge < -0.3 is 15.0 Å². The zero-order chi connectivity index (χ0) is 18.0. The van der Waals surface area contributed by atoms with E-state index in [1.807, 2.05) is 6.92 Å². The van der Waals surface area contributed by atoms with Crippen molar-refractivity contribution in [3.05, 3.63) is 66.0 Å². The number of anilines is 2. The zero-order valence-electron chi connectivity index (χ0n) is 13.7. The largest absolute Gasteiger partial charge is 0.482 e. The first kappa shape index (κ1) is 16.7. The number of nitrogens with one attached hydrogen (secondary N) is 1.